The molecule has 0 bridgehead atoms. The Morgan fingerprint density at radius 3 is 2.85 bits per heavy atom. The molecule has 13 heavy (non-hydrogen) atoms. The highest BCUT2D eigenvalue weighted by Crippen LogP contribution is 2.09. The summed E-state index contributed by atoms with van der Waals surface area (Å²) >= 11 is 3.24. The highest BCUT2D eigenvalue weighted by atomic mass is 79.9. The second-order valence-electron chi connectivity index (χ2n) is 2.61. The molecule has 0 fully saturated rings. The monoisotopic (exact) mass is 238 g/mol. The fraction of sp³-hybridized carbons (Fsp3) is 0.125. The van der Waals surface area contributed by atoms with Crippen molar-refractivity contribution >= 4 is 15.9 Å². The summed E-state index contributed by atoms with van der Waals surface area (Å²) in [5.74, 6) is 0.817. The molecule has 0 N–H and O–H groups in total. The lowest BCUT2D eigenvalue weighted by Crippen LogP contribution is -1.97. The minimum Gasteiger partial charge on any atom is -0.290 e. The van der Waals surface area contributed by atoms with Crippen molar-refractivity contribution in [1.82, 2.24) is 19.5 Å². The first-order valence-corrected chi connectivity index (χ1v) is 4.54. The fourth-order valence-electron chi connectivity index (χ4n) is 1.04. The zero-order valence-corrected chi connectivity index (χ0v) is 8.56. The van der Waals surface area contributed by atoms with Crippen LogP contribution in [0.1, 0.15) is 5.69 Å². The Morgan fingerprint density at radius 2 is 2.23 bits per heavy atom. The molecule has 2 rings (SSSR count). The van der Waals surface area contributed by atoms with Crippen LogP contribution < -0.4 is 0 Å². The van der Waals surface area contributed by atoms with Crippen molar-refractivity contribution in [2.24, 2.45) is 0 Å². The first kappa shape index (κ1) is 8.37. The molecule has 0 radical (unpaired) electrons. The quantitative estimate of drug-likeness (QED) is 0.712. The summed E-state index contributed by atoms with van der Waals surface area (Å²) in [6, 6.07) is 1.90. The lowest BCUT2D eigenvalue weighted by Gasteiger charge is -2.01. The van der Waals surface area contributed by atoms with Gasteiger partial charge in [0.15, 0.2) is 4.73 Å². The van der Waals surface area contributed by atoms with Crippen LogP contribution in [0.25, 0.3) is 5.82 Å². The molecule has 2 aromatic rings. The first-order chi connectivity index (χ1) is 6.25. The minimum atomic E-state index is 0.594. The lowest BCUT2D eigenvalue weighted by atomic mass is 10.4. The molecular weight excluding hydrogens is 232 g/mol. The predicted molar refractivity (Wildman–Crippen MR) is 51.6 cm³/mol. The molecule has 0 aliphatic rings. The van der Waals surface area contributed by atoms with E-state index in [1.165, 1.54) is 0 Å². The molecule has 0 aromatic carbocycles. The molecule has 0 unspecified atom stereocenters. The highest BCUT2D eigenvalue weighted by Gasteiger charge is 2.00. The molecular formula is C8H7BrN4. The van der Waals surface area contributed by atoms with E-state index in [0.29, 0.717) is 4.73 Å². The number of hydrogen-bond donors (Lipinski definition) is 0. The van der Waals surface area contributed by atoms with Crippen LogP contribution in [0, 0.1) is 6.92 Å². The first-order valence-electron chi connectivity index (χ1n) is 3.75. The Bertz CT molecular complexity index is 390. The number of hydrogen-bond acceptors (Lipinski definition) is 3. The van der Waals surface area contributed by atoms with E-state index >= 15 is 0 Å². The molecule has 0 aliphatic heterocycles. The molecule has 2 aromatic heterocycles. The van der Waals surface area contributed by atoms with Crippen molar-refractivity contribution in [3.63, 3.8) is 0 Å². The Kier molecular flexibility index (Phi) is 2.10. The second-order valence-corrected chi connectivity index (χ2v) is 3.32. The molecule has 0 atom stereocenters. The van der Waals surface area contributed by atoms with E-state index in [-0.39, 0.29) is 0 Å². The predicted octanol–water partition coefficient (Wildman–Crippen LogP) is 1.73. The van der Waals surface area contributed by atoms with Gasteiger partial charge in [-0.15, -0.1) is 0 Å². The van der Waals surface area contributed by atoms with Crippen LogP contribution in [0.4, 0.5) is 0 Å². The third-order valence-electron chi connectivity index (χ3n) is 1.58. The van der Waals surface area contributed by atoms with Gasteiger partial charge in [0.05, 0.1) is 0 Å². The van der Waals surface area contributed by atoms with Gasteiger partial charge >= 0.3 is 0 Å². The Morgan fingerprint density at radius 1 is 1.38 bits per heavy atom. The summed E-state index contributed by atoms with van der Waals surface area (Å²) in [6.07, 6.45) is 5.26. The molecule has 2 heterocycles. The number of halogens is 1. The average Bonchev–Trinajstić information content (AvgIpc) is 2.53. The molecule has 4 nitrogen and oxygen atoms in total. The van der Waals surface area contributed by atoms with Gasteiger partial charge in [-0.1, -0.05) is 0 Å². The Hall–Kier alpha value is -1.23. The van der Waals surface area contributed by atoms with Crippen molar-refractivity contribution in [2.75, 3.05) is 0 Å². The second kappa shape index (κ2) is 3.26. The van der Waals surface area contributed by atoms with E-state index in [4.69, 9.17) is 0 Å². The van der Waals surface area contributed by atoms with E-state index < -0.39 is 0 Å². The van der Waals surface area contributed by atoms with Gasteiger partial charge < -0.3 is 0 Å². The van der Waals surface area contributed by atoms with Crippen LogP contribution in [0.2, 0.25) is 0 Å². The standard InChI is InChI=1S/C8H7BrN4/c1-6-4-7(12-8(9)11-6)13-3-2-10-5-13/h2-5H,1H3. The van der Waals surface area contributed by atoms with Crippen molar-refractivity contribution in [2.45, 2.75) is 6.92 Å². The number of rotatable bonds is 1. The van der Waals surface area contributed by atoms with E-state index in [9.17, 15) is 0 Å². The third kappa shape index (κ3) is 1.75. The zero-order valence-electron chi connectivity index (χ0n) is 6.98. The van der Waals surface area contributed by atoms with Crippen molar-refractivity contribution in [1.29, 1.82) is 0 Å². The average molecular weight is 239 g/mol. The van der Waals surface area contributed by atoms with Crippen LogP contribution >= 0.6 is 15.9 Å². The van der Waals surface area contributed by atoms with Crippen LogP contribution in [0.15, 0.2) is 29.5 Å². The summed E-state index contributed by atoms with van der Waals surface area (Å²) in [7, 11) is 0. The largest absolute Gasteiger partial charge is 0.290 e. The Labute approximate surface area is 83.8 Å². The number of nitrogens with zero attached hydrogens (tertiary/aromatic N) is 4. The topological polar surface area (TPSA) is 43.6 Å². The van der Waals surface area contributed by atoms with Crippen molar-refractivity contribution in [3.05, 3.63) is 35.2 Å². The molecule has 5 heteroatoms. The maximum absolute atomic E-state index is 4.20. The van der Waals surface area contributed by atoms with Crippen molar-refractivity contribution < 1.29 is 0 Å². The van der Waals surface area contributed by atoms with Gasteiger partial charge in [-0.25, -0.2) is 15.0 Å². The summed E-state index contributed by atoms with van der Waals surface area (Å²) in [4.78, 5) is 12.3. The number of aryl methyl sites for hydroxylation is 1. The van der Waals surface area contributed by atoms with E-state index in [1.807, 2.05) is 23.8 Å². The molecule has 0 spiro atoms. The van der Waals surface area contributed by atoms with Crippen LogP contribution in [-0.4, -0.2) is 19.5 Å². The molecule has 0 aliphatic carbocycles. The summed E-state index contributed by atoms with van der Waals surface area (Å²) in [5, 5.41) is 0. The zero-order chi connectivity index (χ0) is 9.26. The van der Waals surface area contributed by atoms with Gasteiger partial charge in [0, 0.05) is 24.2 Å². The molecule has 0 saturated heterocycles. The third-order valence-corrected chi connectivity index (χ3v) is 1.94. The number of aromatic nitrogens is 4. The van der Waals surface area contributed by atoms with Gasteiger partial charge in [0.2, 0.25) is 0 Å². The van der Waals surface area contributed by atoms with Gasteiger partial charge in [0.25, 0.3) is 0 Å². The highest BCUT2D eigenvalue weighted by molar-refractivity contribution is 9.10. The smallest absolute Gasteiger partial charge is 0.198 e. The minimum absolute atomic E-state index is 0.594. The normalized spacial score (nSPS) is 10.3. The maximum atomic E-state index is 4.20. The van der Waals surface area contributed by atoms with Gasteiger partial charge in [-0.2, -0.15) is 0 Å². The summed E-state index contributed by atoms with van der Waals surface area (Å²) in [6.45, 7) is 1.92. The van der Waals surface area contributed by atoms with E-state index in [2.05, 4.69) is 30.9 Å². The summed E-state index contributed by atoms with van der Waals surface area (Å²) in [5.41, 5.74) is 0.922. The van der Waals surface area contributed by atoms with Gasteiger partial charge in [-0.05, 0) is 22.9 Å². The van der Waals surface area contributed by atoms with Crippen LogP contribution in [0.5, 0.6) is 0 Å². The SMILES string of the molecule is Cc1cc(-n2ccnc2)nc(Br)n1. The fourth-order valence-corrected chi connectivity index (χ4v) is 1.50. The Balaban J connectivity index is 2.53. The van der Waals surface area contributed by atoms with Gasteiger partial charge in [-0.3, -0.25) is 4.57 Å². The molecule has 0 amide bonds. The van der Waals surface area contributed by atoms with Gasteiger partial charge in [0.1, 0.15) is 12.1 Å². The number of imidazole rings is 1. The maximum Gasteiger partial charge on any atom is 0.198 e. The molecule has 0 saturated carbocycles. The van der Waals surface area contributed by atoms with Crippen molar-refractivity contribution in [3.8, 4) is 5.82 Å². The van der Waals surface area contributed by atoms with E-state index in [0.717, 1.165) is 11.5 Å². The van der Waals surface area contributed by atoms with Crippen LogP contribution in [0.3, 0.4) is 0 Å². The van der Waals surface area contributed by atoms with E-state index in [1.54, 1.807) is 12.5 Å². The van der Waals surface area contributed by atoms with Crippen LogP contribution in [-0.2, 0) is 0 Å². The summed E-state index contributed by atoms with van der Waals surface area (Å²) < 4.78 is 2.43. The molecule has 66 valence electrons. The lowest BCUT2D eigenvalue weighted by molar-refractivity contribution is 0.937.